The number of rotatable bonds is 4. The summed E-state index contributed by atoms with van der Waals surface area (Å²) in [6, 6.07) is 7.63. The number of aryl methyl sites for hydroxylation is 1. The molecule has 1 aromatic carbocycles. The van der Waals surface area contributed by atoms with E-state index in [-0.39, 0.29) is 5.91 Å². The average molecular weight is 263 g/mol. The maximum absolute atomic E-state index is 10.9. The SMILES string of the molecule is CC(=O)Nc1ccc(SCc2noc(C)n2)cc1. The lowest BCUT2D eigenvalue weighted by Gasteiger charge is -2.03. The van der Waals surface area contributed by atoms with E-state index in [0.29, 0.717) is 17.5 Å². The fourth-order valence-corrected chi connectivity index (χ4v) is 2.13. The molecule has 1 aromatic heterocycles. The van der Waals surface area contributed by atoms with Gasteiger partial charge in [0.05, 0.1) is 5.75 Å². The van der Waals surface area contributed by atoms with E-state index in [2.05, 4.69) is 15.5 Å². The largest absolute Gasteiger partial charge is 0.340 e. The van der Waals surface area contributed by atoms with Gasteiger partial charge in [-0.1, -0.05) is 5.16 Å². The van der Waals surface area contributed by atoms with E-state index < -0.39 is 0 Å². The number of anilines is 1. The van der Waals surface area contributed by atoms with Crippen molar-refractivity contribution in [1.29, 1.82) is 0 Å². The van der Waals surface area contributed by atoms with Crippen LogP contribution in [0.4, 0.5) is 5.69 Å². The quantitative estimate of drug-likeness (QED) is 0.859. The lowest BCUT2D eigenvalue weighted by Crippen LogP contribution is -2.05. The fourth-order valence-electron chi connectivity index (χ4n) is 1.39. The van der Waals surface area contributed by atoms with Crippen molar-refractivity contribution in [3.63, 3.8) is 0 Å². The third kappa shape index (κ3) is 3.59. The number of benzene rings is 1. The van der Waals surface area contributed by atoms with Crippen LogP contribution in [-0.2, 0) is 10.5 Å². The molecule has 0 aliphatic carbocycles. The highest BCUT2D eigenvalue weighted by Gasteiger charge is 2.03. The number of hydrogen-bond donors (Lipinski definition) is 1. The van der Waals surface area contributed by atoms with Crippen LogP contribution in [-0.4, -0.2) is 16.0 Å². The minimum Gasteiger partial charge on any atom is -0.340 e. The van der Waals surface area contributed by atoms with Crippen molar-refractivity contribution in [3.05, 3.63) is 36.0 Å². The number of carbonyl (C=O) groups is 1. The summed E-state index contributed by atoms with van der Waals surface area (Å²) < 4.78 is 4.89. The lowest BCUT2D eigenvalue weighted by molar-refractivity contribution is -0.114. The Morgan fingerprint density at radius 2 is 2.11 bits per heavy atom. The third-order valence-electron chi connectivity index (χ3n) is 2.11. The summed E-state index contributed by atoms with van der Waals surface area (Å²) in [4.78, 5) is 16.1. The first kappa shape index (κ1) is 12.6. The number of hydrogen-bond acceptors (Lipinski definition) is 5. The van der Waals surface area contributed by atoms with Gasteiger partial charge in [-0.2, -0.15) is 4.98 Å². The highest BCUT2D eigenvalue weighted by atomic mass is 32.2. The average Bonchev–Trinajstić information content (AvgIpc) is 2.74. The fraction of sp³-hybridized carbons (Fsp3) is 0.250. The van der Waals surface area contributed by atoms with Gasteiger partial charge in [-0.25, -0.2) is 0 Å². The molecule has 0 aliphatic heterocycles. The molecule has 0 radical (unpaired) electrons. The Hall–Kier alpha value is -1.82. The third-order valence-corrected chi connectivity index (χ3v) is 3.12. The van der Waals surface area contributed by atoms with E-state index in [1.165, 1.54) is 6.92 Å². The van der Waals surface area contributed by atoms with Gasteiger partial charge in [0, 0.05) is 24.4 Å². The molecule has 5 nitrogen and oxygen atoms in total. The molecule has 2 aromatic rings. The molecule has 1 N–H and O–H groups in total. The molecular weight excluding hydrogens is 250 g/mol. The first-order chi connectivity index (χ1) is 8.63. The standard InChI is InChI=1S/C12H13N3O2S/c1-8(16)13-10-3-5-11(6-4-10)18-7-12-14-9(2)17-15-12/h3-6H,7H2,1-2H3,(H,13,16). The van der Waals surface area contributed by atoms with Crippen molar-refractivity contribution in [2.45, 2.75) is 24.5 Å². The van der Waals surface area contributed by atoms with E-state index in [1.54, 1.807) is 18.7 Å². The van der Waals surface area contributed by atoms with E-state index in [9.17, 15) is 4.79 Å². The van der Waals surface area contributed by atoms with Crippen LogP contribution >= 0.6 is 11.8 Å². The Morgan fingerprint density at radius 3 is 2.67 bits per heavy atom. The summed E-state index contributed by atoms with van der Waals surface area (Å²) in [5.41, 5.74) is 0.794. The number of amides is 1. The van der Waals surface area contributed by atoms with Crippen molar-refractivity contribution in [1.82, 2.24) is 10.1 Å². The minimum absolute atomic E-state index is 0.0716. The second-order valence-electron chi connectivity index (χ2n) is 3.72. The van der Waals surface area contributed by atoms with Crippen LogP contribution < -0.4 is 5.32 Å². The zero-order valence-corrected chi connectivity index (χ0v) is 11.0. The molecule has 0 aliphatic rings. The number of nitrogens with zero attached hydrogens (tertiary/aromatic N) is 2. The molecule has 1 heterocycles. The maximum atomic E-state index is 10.9. The van der Waals surface area contributed by atoms with Crippen LogP contribution in [0, 0.1) is 6.92 Å². The Bertz CT molecular complexity index is 537. The van der Waals surface area contributed by atoms with Crippen molar-refractivity contribution in [3.8, 4) is 0 Å². The van der Waals surface area contributed by atoms with Gasteiger partial charge in [-0.05, 0) is 24.3 Å². The summed E-state index contributed by atoms with van der Waals surface area (Å²) >= 11 is 1.62. The van der Waals surface area contributed by atoms with Crippen molar-refractivity contribution < 1.29 is 9.32 Å². The van der Waals surface area contributed by atoms with Crippen LogP contribution in [0.25, 0.3) is 0 Å². The van der Waals surface area contributed by atoms with Crippen LogP contribution in [0.2, 0.25) is 0 Å². The summed E-state index contributed by atoms with van der Waals surface area (Å²) in [6.07, 6.45) is 0. The van der Waals surface area contributed by atoms with Crippen molar-refractivity contribution in [2.75, 3.05) is 5.32 Å². The summed E-state index contributed by atoms with van der Waals surface area (Å²) in [6.45, 7) is 3.25. The number of aromatic nitrogens is 2. The maximum Gasteiger partial charge on any atom is 0.223 e. The molecule has 94 valence electrons. The predicted octanol–water partition coefficient (Wildman–Crippen LogP) is 2.63. The molecule has 0 saturated heterocycles. The first-order valence-corrected chi connectivity index (χ1v) is 6.41. The zero-order chi connectivity index (χ0) is 13.0. The molecule has 0 spiro atoms. The summed E-state index contributed by atoms with van der Waals surface area (Å²) in [5, 5.41) is 6.55. The smallest absolute Gasteiger partial charge is 0.223 e. The highest BCUT2D eigenvalue weighted by molar-refractivity contribution is 7.98. The van der Waals surface area contributed by atoms with E-state index >= 15 is 0 Å². The summed E-state index contributed by atoms with van der Waals surface area (Å²) in [7, 11) is 0. The van der Waals surface area contributed by atoms with Crippen LogP contribution in [0.1, 0.15) is 18.6 Å². The number of nitrogens with one attached hydrogen (secondary N) is 1. The molecule has 0 unspecified atom stereocenters. The van der Waals surface area contributed by atoms with E-state index in [4.69, 9.17) is 4.52 Å². The molecule has 1 amide bonds. The molecule has 18 heavy (non-hydrogen) atoms. The van der Waals surface area contributed by atoms with Gasteiger partial charge in [0.2, 0.25) is 11.8 Å². The van der Waals surface area contributed by atoms with Gasteiger partial charge >= 0.3 is 0 Å². The van der Waals surface area contributed by atoms with Gasteiger partial charge in [0.1, 0.15) is 0 Å². The van der Waals surface area contributed by atoms with Crippen LogP contribution in [0.3, 0.4) is 0 Å². The molecule has 0 bridgehead atoms. The molecule has 0 fully saturated rings. The normalized spacial score (nSPS) is 10.3. The lowest BCUT2D eigenvalue weighted by atomic mass is 10.3. The zero-order valence-electron chi connectivity index (χ0n) is 10.1. The Morgan fingerprint density at radius 1 is 1.39 bits per heavy atom. The molecule has 0 atom stereocenters. The predicted molar refractivity (Wildman–Crippen MR) is 69.3 cm³/mol. The Kier molecular flexibility index (Phi) is 3.99. The second-order valence-corrected chi connectivity index (χ2v) is 4.77. The molecule has 2 rings (SSSR count). The van der Waals surface area contributed by atoms with Gasteiger partial charge in [-0.3, -0.25) is 4.79 Å². The van der Waals surface area contributed by atoms with Gasteiger partial charge in [0.15, 0.2) is 5.82 Å². The number of carbonyl (C=O) groups excluding carboxylic acids is 1. The number of thioether (sulfide) groups is 1. The van der Waals surface area contributed by atoms with Gasteiger partial charge in [-0.15, -0.1) is 11.8 Å². The van der Waals surface area contributed by atoms with E-state index in [1.807, 2.05) is 24.3 Å². The Labute approximate surface area is 109 Å². The van der Waals surface area contributed by atoms with Crippen LogP contribution in [0.5, 0.6) is 0 Å². The van der Waals surface area contributed by atoms with Gasteiger partial charge < -0.3 is 9.84 Å². The highest BCUT2D eigenvalue weighted by Crippen LogP contribution is 2.23. The molecular formula is C12H13N3O2S. The second kappa shape index (κ2) is 5.68. The van der Waals surface area contributed by atoms with Crippen molar-refractivity contribution in [2.24, 2.45) is 0 Å². The van der Waals surface area contributed by atoms with Crippen molar-refractivity contribution >= 4 is 23.4 Å². The topological polar surface area (TPSA) is 68.0 Å². The van der Waals surface area contributed by atoms with Crippen LogP contribution in [0.15, 0.2) is 33.7 Å². The minimum atomic E-state index is -0.0716. The first-order valence-electron chi connectivity index (χ1n) is 5.43. The monoisotopic (exact) mass is 263 g/mol. The van der Waals surface area contributed by atoms with E-state index in [0.717, 1.165) is 10.6 Å². The molecule has 6 heteroatoms. The van der Waals surface area contributed by atoms with Gasteiger partial charge in [0.25, 0.3) is 0 Å². The summed E-state index contributed by atoms with van der Waals surface area (Å²) in [5.74, 6) is 1.85. The molecule has 0 saturated carbocycles. The Balaban J connectivity index is 1.92.